The maximum atomic E-state index is 13.0. The van der Waals surface area contributed by atoms with Crippen LogP contribution in [0.4, 0.5) is 4.39 Å². The Morgan fingerprint density at radius 3 is 2.61 bits per heavy atom. The summed E-state index contributed by atoms with van der Waals surface area (Å²) in [6.45, 7) is 4.03. The number of phenolic OH excluding ortho intramolecular Hbond substituents is 1. The highest BCUT2D eigenvalue weighted by Gasteiger charge is 2.18. The molecule has 0 atom stereocenters. The molecule has 0 aliphatic rings. The Morgan fingerprint density at radius 1 is 1.11 bits per heavy atom. The molecule has 7 heteroatoms. The molecule has 0 fully saturated rings. The summed E-state index contributed by atoms with van der Waals surface area (Å²) < 4.78 is 18.8. The first kappa shape index (κ1) is 18.2. The third-order valence-electron chi connectivity index (χ3n) is 4.49. The molecule has 2 aromatic carbocycles. The van der Waals surface area contributed by atoms with Gasteiger partial charge in [0.25, 0.3) is 0 Å². The van der Waals surface area contributed by atoms with Crippen LogP contribution in [0.5, 0.6) is 11.5 Å². The van der Waals surface area contributed by atoms with Crippen LogP contribution < -0.4 is 4.74 Å². The summed E-state index contributed by atoms with van der Waals surface area (Å²) in [6, 6.07) is 9.73. The minimum Gasteiger partial charge on any atom is -0.507 e. The molecule has 2 heterocycles. The quantitative estimate of drug-likeness (QED) is 0.485. The van der Waals surface area contributed by atoms with Gasteiger partial charge < -0.3 is 9.84 Å². The molecule has 142 valence electrons. The van der Waals surface area contributed by atoms with Crippen LogP contribution in [0.2, 0.25) is 0 Å². The Labute approximate surface area is 165 Å². The van der Waals surface area contributed by atoms with Crippen LogP contribution in [0.15, 0.2) is 48.0 Å². The summed E-state index contributed by atoms with van der Waals surface area (Å²) in [5, 5.41) is 20.8. The summed E-state index contributed by atoms with van der Waals surface area (Å²) in [6.07, 6.45) is 1.71. The molecule has 0 unspecified atom stereocenters. The van der Waals surface area contributed by atoms with Gasteiger partial charge in [0.15, 0.2) is 0 Å². The minimum atomic E-state index is -0.285. The standard InChI is InChI=1S/C21H18FN3O2S/c1-12-19(27-10-14-3-5-15(22)6-4-14)8-7-16(21(12)26)20-17(9-23-25-20)18-11-28-13(2)24-18/h3-9,11,26H,10H2,1-2H3,(H,23,25). The molecule has 0 amide bonds. The average molecular weight is 395 g/mol. The summed E-state index contributed by atoms with van der Waals surface area (Å²) in [5.74, 6) is 0.401. The van der Waals surface area contributed by atoms with Crippen LogP contribution in [0.3, 0.4) is 0 Å². The smallest absolute Gasteiger partial charge is 0.131 e. The number of ether oxygens (including phenoxy) is 1. The molecule has 0 aliphatic heterocycles. The summed E-state index contributed by atoms with van der Waals surface area (Å²) in [7, 11) is 0. The van der Waals surface area contributed by atoms with Crippen LogP contribution >= 0.6 is 11.3 Å². The Hall–Kier alpha value is -3.19. The molecule has 2 aromatic heterocycles. The number of nitrogens with zero attached hydrogens (tertiary/aromatic N) is 2. The van der Waals surface area contributed by atoms with Gasteiger partial charge in [-0.25, -0.2) is 9.37 Å². The normalized spacial score (nSPS) is 11.0. The van der Waals surface area contributed by atoms with Gasteiger partial charge in [-0.15, -0.1) is 11.3 Å². The number of hydrogen-bond acceptors (Lipinski definition) is 5. The third kappa shape index (κ3) is 3.48. The molecule has 0 radical (unpaired) electrons. The first-order valence-electron chi connectivity index (χ1n) is 8.69. The Bertz CT molecular complexity index is 1120. The molecule has 5 nitrogen and oxygen atoms in total. The Kier molecular flexibility index (Phi) is 4.83. The lowest BCUT2D eigenvalue weighted by Gasteiger charge is -2.13. The minimum absolute atomic E-state index is 0.119. The zero-order valence-corrected chi connectivity index (χ0v) is 16.2. The first-order valence-corrected chi connectivity index (χ1v) is 9.57. The van der Waals surface area contributed by atoms with Gasteiger partial charge >= 0.3 is 0 Å². The van der Waals surface area contributed by atoms with Crippen molar-refractivity contribution >= 4 is 11.3 Å². The van der Waals surface area contributed by atoms with Crippen molar-refractivity contribution in [2.45, 2.75) is 20.5 Å². The van der Waals surface area contributed by atoms with E-state index >= 15 is 0 Å². The molecular weight excluding hydrogens is 377 g/mol. The van der Waals surface area contributed by atoms with Gasteiger partial charge in [0.1, 0.15) is 23.9 Å². The number of benzene rings is 2. The lowest BCUT2D eigenvalue weighted by atomic mass is 10.0. The fraction of sp³-hybridized carbons (Fsp3) is 0.143. The van der Waals surface area contributed by atoms with Gasteiger partial charge in [-0.2, -0.15) is 5.10 Å². The second kappa shape index (κ2) is 7.44. The van der Waals surface area contributed by atoms with Crippen molar-refractivity contribution in [2.75, 3.05) is 0 Å². The fourth-order valence-corrected chi connectivity index (χ4v) is 3.57. The number of thiazole rings is 1. The van der Waals surface area contributed by atoms with E-state index in [1.54, 1.807) is 42.7 Å². The molecule has 4 aromatic rings. The molecule has 4 rings (SSSR count). The Morgan fingerprint density at radius 2 is 1.89 bits per heavy atom. The SMILES string of the molecule is Cc1nc(-c2cn[nH]c2-c2ccc(OCc3ccc(F)cc3)c(C)c2O)cs1. The number of halogens is 1. The third-order valence-corrected chi connectivity index (χ3v) is 5.27. The molecule has 0 spiro atoms. The molecule has 0 bridgehead atoms. The van der Waals surface area contributed by atoms with Crippen molar-refractivity contribution in [1.82, 2.24) is 15.2 Å². The zero-order valence-electron chi connectivity index (χ0n) is 15.4. The van der Waals surface area contributed by atoms with Gasteiger partial charge in [-0.3, -0.25) is 5.10 Å². The van der Waals surface area contributed by atoms with Crippen LogP contribution in [0.1, 0.15) is 16.1 Å². The summed E-state index contributed by atoms with van der Waals surface area (Å²) in [5.41, 5.74) is 4.45. The lowest BCUT2D eigenvalue weighted by molar-refractivity contribution is 0.302. The van der Waals surface area contributed by atoms with Crippen molar-refractivity contribution in [2.24, 2.45) is 0 Å². The van der Waals surface area contributed by atoms with Gasteiger partial charge in [0, 0.05) is 22.1 Å². The fourth-order valence-electron chi connectivity index (χ4n) is 2.95. The number of nitrogens with one attached hydrogen (secondary N) is 1. The highest BCUT2D eigenvalue weighted by atomic mass is 32.1. The number of aryl methyl sites for hydroxylation is 1. The predicted molar refractivity (Wildman–Crippen MR) is 107 cm³/mol. The van der Waals surface area contributed by atoms with Crippen LogP contribution in [-0.2, 0) is 6.61 Å². The van der Waals surface area contributed by atoms with Crippen LogP contribution in [-0.4, -0.2) is 20.3 Å². The highest BCUT2D eigenvalue weighted by molar-refractivity contribution is 7.09. The maximum Gasteiger partial charge on any atom is 0.131 e. The van der Waals surface area contributed by atoms with E-state index in [2.05, 4.69) is 15.2 Å². The van der Waals surface area contributed by atoms with Crippen LogP contribution in [0.25, 0.3) is 22.5 Å². The lowest BCUT2D eigenvalue weighted by Crippen LogP contribution is -1.98. The van der Waals surface area contributed by atoms with Gasteiger partial charge in [-0.05, 0) is 43.7 Å². The van der Waals surface area contributed by atoms with E-state index in [-0.39, 0.29) is 18.2 Å². The van der Waals surface area contributed by atoms with E-state index in [1.807, 2.05) is 18.4 Å². The summed E-state index contributed by atoms with van der Waals surface area (Å²) >= 11 is 1.56. The van der Waals surface area contributed by atoms with E-state index in [9.17, 15) is 9.50 Å². The molecule has 28 heavy (non-hydrogen) atoms. The second-order valence-corrected chi connectivity index (χ2v) is 7.47. The predicted octanol–water partition coefficient (Wildman–Crippen LogP) is 5.24. The highest BCUT2D eigenvalue weighted by Crippen LogP contribution is 2.40. The number of rotatable bonds is 5. The zero-order chi connectivity index (χ0) is 19.7. The molecule has 0 aliphatic carbocycles. The molecule has 2 N–H and O–H groups in total. The number of aromatic hydroxyl groups is 1. The number of phenols is 1. The van der Waals surface area contributed by atoms with Gasteiger partial charge in [0.05, 0.1) is 22.6 Å². The first-order chi connectivity index (χ1) is 13.5. The largest absolute Gasteiger partial charge is 0.507 e. The van der Waals surface area contributed by atoms with Crippen molar-refractivity contribution < 1.29 is 14.2 Å². The summed E-state index contributed by atoms with van der Waals surface area (Å²) in [4.78, 5) is 4.50. The van der Waals surface area contributed by atoms with E-state index in [4.69, 9.17) is 4.74 Å². The van der Waals surface area contributed by atoms with Crippen molar-refractivity contribution in [3.8, 4) is 34.0 Å². The monoisotopic (exact) mass is 395 g/mol. The Balaban J connectivity index is 1.62. The van der Waals surface area contributed by atoms with Gasteiger partial charge in [-0.1, -0.05) is 12.1 Å². The number of aromatic amines is 1. The molecule has 0 saturated carbocycles. The maximum absolute atomic E-state index is 13.0. The topological polar surface area (TPSA) is 71.0 Å². The van der Waals surface area contributed by atoms with Crippen molar-refractivity contribution in [3.63, 3.8) is 0 Å². The number of aromatic nitrogens is 3. The second-order valence-electron chi connectivity index (χ2n) is 6.41. The number of hydrogen-bond donors (Lipinski definition) is 2. The average Bonchev–Trinajstić information content (AvgIpc) is 3.33. The van der Waals surface area contributed by atoms with Crippen LogP contribution in [0, 0.1) is 19.7 Å². The van der Waals surface area contributed by atoms with Crippen molar-refractivity contribution in [1.29, 1.82) is 0 Å². The number of H-pyrrole nitrogens is 1. The van der Waals surface area contributed by atoms with Crippen molar-refractivity contribution in [3.05, 3.63) is 69.9 Å². The molecular formula is C21H18FN3O2S. The van der Waals surface area contributed by atoms with E-state index in [1.165, 1.54) is 12.1 Å². The van der Waals surface area contributed by atoms with E-state index in [0.29, 0.717) is 22.6 Å². The van der Waals surface area contributed by atoms with E-state index < -0.39 is 0 Å². The molecule has 0 saturated heterocycles. The van der Waals surface area contributed by atoms with E-state index in [0.717, 1.165) is 21.8 Å². The van der Waals surface area contributed by atoms with Gasteiger partial charge in [0.2, 0.25) is 0 Å².